The average molecular weight is 426 g/mol. The number of halogens is 2. The van der Waals surface area contributed by atoms with E-state index in [0.717, 1.165) is 55.5 Å². The molecule has 0 saturated carbocycles. The maximum atomic E-state index is 13.3. The standard InChI is InChI=1S/C22H24F2N6O/c23-20(24)21-25-18-6-2-1-5-16(18)22(26-21)29-11-8-28(9-12-29)10-13-30-19(31)14-15-4-3-7-17(15)27-30/h1-2,5-6,14,20H,3-4,7-13H2. The molecule has 5 rings (SSSR count). The predicted molar refractivity (Wildman–Crippen MR) is 114 cm³/mol. The second-order valence-electron chi connectivity index (χ2n) is 8.08. The van der Waals surface area contributed by atoms with Crippen molar-refractivity contribution in [3.05, 3.63) is 57.8 Å². The van der Waals surface area contributed by atoms with E-state index in [1.54, 1.807) is 22.9 Å². The highest BCUT2D eigenvalue weighted by Crippen LogP contribution is 2.27. The van der Waals surface area contributed by atoms with Crippen molar-refractivity contribution in [2.45, 2.75) is 32.2 Å². The van der Waals surface area contributed by atoms with Crippen LogP contribution < -0.4 is 10.5 Å². The second-order valence-corrected chi connectivity index (χ2v) is 8.08. The van der Waals surface area contributed by atoms with E-state index in [1.807, 2.05) is 17.0 Å². The van der Waals surface area contributed by atoms with E-state index in [9.17, 15) is 13.6 Å². The first-order chi connectivity index (χ1) is 15.1. The third-order valence-electron chi connectivity index (χ3n) is 6.12. The fourth-order valence-electron chi connectivity index (χ4n) is 4.43. The van der Waals surface area contributed by atoms with Crippen molar-refractivity contribution >= 4 is 16.7 Å². The number of piperazine rings is 1. The van der Waals surface area contributed by atoms with E-state index in [4.69, 9.17) is 0 Å². The van der Waals surface area contributed by atoms with Gasteiger partial charge in [0.1, 0.15) is 5.82 Å². The molecule has 2 aliphatic rings. The van der Waals surface area contributed by atoms with Gasteiger partial charge in [-0.05, 0) is 37.0 Å². The van der Waals surface area contributed by atoms with Gasteiger partial charge < -0.3 is 4.90 Å². The van der Waals surface area contributed by atoms with Crippen LogP contribution in [-0.4, -0.2) is 57.4 Å². The summed E-state index contributed by atoms with van der Waals surface area (Å²) in [6, 6.07) is 9.01. The normalized spacial score (nSPS) is 16.9. The van der Waals surface area contributed by atoms with Crippen LogP contribution in [0.15, 0.2) is 35.1 Å². The summed E-state index contributed by atoms with van der Waals surface area (Å²) in [4.78, 5) is 24.8. The van der Waals surface area contributed by atoms with Crippen molar-refractivity contribution in [3.8, 4) is 0 Å². The predicted octanol–water partition coefficient (Wildman–Crippen LogP) is 2.44. The molecule has 0 bridgehead atoms. The molecular formula is C22H24F2N6O. The zero-order valence-corrected chi connectivity index (χ0v) is 17.2. The van der Waals surface area contributed by atoms with Gasteiger partial charge in [-0.1, -0.05) is 12.1 Å². The first-order valence-electron chi connectivity index (χ1n) is 10.7. The lowest BCUT2D eigenvalue weighted by molar-refractivity contribution is 0.141. The summed E-state index contributed by atoms with van der Waals surface area (Å²) in [7, 11) is 0. The summed E-state index contributed by atoms with van der Waals surface area (Å²) in [5, 5.41) is 5.33. The molecule has 3 heterocycles. The number of benzene rings is 1. The van der Waals surface area contributed by atoms with Crippen molar-refractivity contribution in [2.75, 3.05) is 37.6 Å². The number of aryl methyl sites for hydroxylation is 2. The van der Waals surface area contributed by atoms with E-state index in [2.05, 4.69) is 20.0 Å². The number of hydrogen-bond donors (Lipinski definition) is 0. The van der Waals surface area contributed by atoms with Gasteiger partial charge in [0.25, 0.3) is 12.0 Å². The zero-order chi connectivity index (χ0) is 21.4. The van der Waals surface area contributed by atoms with Gasteiger partial charge in [-0.3, -0.25) is 9.69 Å². The first-order valence-corrected chi connectivity index (χ1v) is 10.7. The molecule has 1 saturated heterocycles. The Labute approximate surface area is 178 Å². The number of nitrogens with zero attached hydrogens (tertiary/aromatic N) is 6. The molecule has 7 nitrogen and oxygen atoms in total. The lowest BCUT2D eigenvalue weighted by atomic mass is 10.2. The van der Waals surface area contributed by atoms with Crippen LogP contribution in [0.2, 0.25) is 0 Å². The lowest BCUT2D eigenvalue weighted by Crippen LogP contribution is -2.48. The summed E-state index contributed by atoms with van der Waals surface area (Å²) in [5.74, 6) is 0.134. The van der Waals surface area contributed by atoms with Crippen molar-refractivity contribution < 1.29 is 8.78 Å². The van der Waals surface area contributed by atoms with Gasteiger partial charge in [0.05, 0.1) is 17.8 Å². The van der Waals surface area contributed by atoms with E-state index < -0.39 is 12.2 Å². The van der Waals surface area contributed by atoms with Crippen LogP contribution in [0.3, 0.4) is 0 Å². The minimum Gasteiger partial charge on any atom is -0.353 e. The van der Waals surface area contributed by atoms with E-state index >= 15 is 0 Å². The molecule has 162 valence electrons. The molecule has 2 aromatic heterocycles. The molecule has 1 aliphatic carbocycles. The molecule has 0 unspecified atom stereocenters. The number of anilines is 1. The summed E-state index contributed by atoms with van der Waals surface area (Å²) in [6.07, 6.45) is 0.258. The Hall–Kier alpha value is -2.94. The highest BCUT2D eigenvalue weighted by molar-refractivity contribution is 5.89. The summed E-state index contributed by atoms with van der Waals surface area (Å²) >= 11 is 0. The Balaban J connectivity index is 1.27. The van der Waals surface area contributed by atoms with Crippen molar-refractivity contribution in [2.24, 2.45) is 0 Å². The molecular weight excluding hydrogens is 402 g/mol. The molecule has 0 atom stereocenters. The van der Waals surface area contributed by atoms with E-state index in [1.165, 1.54) is 0 Å². The highest BCUT2D eigenvalue weighted by Gasteiger charge is 2.23. The molecule has 0 N–H and O–H groups in total. The molecule has 0 spiro atoms. The highest BCUT2D eigenvalue weighted by atomic mass is 19.3. The molecule has 0 radical (unpaired) electrons. The lowest BCUT2D eigenvalue weighted by Gasteiger charge is -2.35. The third-order valence-corrected chi connectivity index (χ3v) is 6.12. The van der Waals surface area contributed by atoms with Crippen molar-refractivity contribution in [3.63, 3.8) is 0 Å². The van der Waals surface area contributed by atoms with Crippen LogP contribution in [0.5, 0.6) is 0 Å². The Kier molecular flexibility index (Phi) is 5.35. The van der Waals surface area contributed by atoms with E-state index in [0.29, 0.717) is 31.0 Å². The SMILES string of the molecule is O=c1cc2c(nn1CCN1CCN(c3nc(C(F)F)nc4ccccc34)CC1)CCC2. The topological polar surface area (TPSA) is 67.2 Å². The minimum atomic E-state index is -2.71. The number of hydrogen-bond acceptors (Lipinski definition) is 6. The first kappa shape index (κ1) is 20.0. The Bertz CT molecular complexity index is 1160. The van der Waals surface area contributed by atoms with Gasteiger partial charge in [0, 0.05) is 44.2 Å². The van der Waals surface area contributed by atoms with Crippen LogP contribution >= 0.6 is 0 Å². The van der Waals surface area contributed by atoms with Crippen molar-refractivity contribution in [1.82, 2.24) is 24.6 Å². The second kappa shape index (κ2) is 8.30. The third kappa shape index (κ3) is 4.01. The molecule has 0 amide bonds. The fraction of sp³-hybridized carbons (Fsp3) is 0.455. The van der Waals surface area contributed by atoms with Gasteiger partial charge in [-0.15, -0.1) is 0 Å². The molecule has 1 fully saturated rings. The summed E-state index contributed by atoms with van der Waals surface area (Å²) in [6.45, 7) is 4.17. The number of fused-ring (bicyclic) bond motifs is 2. The van der Waals surface area contributed by atoms with Crippen LogP contribution in [0, 0.1) is 0 Å². The minimum absolute atomic E-state index is 0.0359. The van der Waals surface area contributed by atoms with Crippen LogP contribution in [0.4, 0.5) is 14.6 Å². The average Bonchev–Trinajstić information content (AvgIpc) is 3.24. The number of rotatable bonds is 5. The smallest absolute Gasteiger partial charge is 0.297 e. The van der Waals surface area contributed by atoms with Gasteiger partial charge in [0.15, 0.2) is 5.82 Å². The van der Waals surface area contributed by atoms with Gasteiger partial charge in [0.2, 0.25) is 0 Å². The molecule has 9 heteroatoms. The summed E-state index contributed by atoms with van der Waals surface area (Å²) < 4.78 is 28.2. The number of para-hydroxylation sites is 1. The largest absolute Gasteiger partial charge is 0.353 e. The maximum Gasteiger partial charge on any atom is 0.297 e. The Morgan fingerprint density at radius 2 is 1.81 bits per heavy atom. The number of aromatic nitrogens is 4. The molecule has 1 aromatic carbocycles. The van der Waals surface area contributed by atoms with Gasteiger partial charge in [-0.2, -0.15) is 5.10 Å². The maximum absolute atomic E-state index is 13.3. The van der Waals surface area contributed by atoms with Crippen LogP contribution in [-0.2, 0) is 19.4 Å². The van der Waals surface area contributed by atoms with Crippen LogP contribution in [0.25, 0.3) is 10.9 Å². The Morgan fingerprint density at radius 1 is 1.00 bits per heavy atom. The van der Waals surface area contributed by atoms with Crippen LogP contribution in [0.1, 0.15) is 29.9 Å². The van der Waals surface area contributed by atoms with Gasteiger partial charge >= 0.3 is 0 Å². The quantitative estimate of drug-likeness (QED) is 0.624. The fourth-order valence-corrected chi connectivity index (χ4v) is 4.43. The van der Waals surface area contributed by atoms with E-state index in [-0.39, 0.29) is 5.56 Å². The zero-order valence-electron chi connectivity index (χ0n) is 17.2. The molecule has 3 aromatic rings. The molecule has 1 aliphatic heterocycles. The Morgan fingerprint density at radius 3 is 2.61 bits per heavy atom. The van der Waals surface area contributed by atoms with Gasteiger partial charge in [-0.25, -0.2) is 23.4 Å². The van der Waals surface area contributed by atoms with Crippen molar-refractivity contribution in [1.29, 1.82) is 0 Å². The molecule has 31 heavy (non-hydrogen) atoms. The summed E-state index contributed by atoms with van der Waals surface area (Å²) in [5.41, 5.74) is 2.64. The number of alkyl halides is 2. The monoisotopic (exact) mass is 426 g/mol.